The predicted octanol–water partition coefficient (Wildman–Crippen LogP) is 2.02. The number of aliphatic hydroxyl groups is 1. The van der Waals surface area contributed by atoms with Gasteiger partial charge in [0.2, 0.25) is 5.91 Å². The molecule has 23 heavy (non-hydrogen) atoms. The summed E-state index contributed by atoms with van der Waals surface area (Å²) in [5.41, 5.74) is 0.588. The quantitative estimate of drug-likeness (QED) is 0.854. The summed E-state index contributed by atoms with van der Waals surface area (Å²) in [6, 6.07) is 1.76. The number of carbonyl (C=O) groups excluding carboxylic acids is 2. The number of ether oxygens (including phenoxy) is 1. The van der Waals surface area contributed by atoms with Crippen molar-refractivity contribution in [2.24, 2.45) is 0 Å². The minimum Gasteiger partial charge on any atom is -0.393 e. The number of fused-ring (bicyclic) bond motifs is 1. The van der Waals surface area contributed by atoms with Crippen molar-refractivity contribution in [2.75, 3.05) is 13.7 Å². The first-order valence-corrected chi connectivity index (χ1v) is 8.94. The summed E-state index contributed by atoms with van der Waals surface area (Å²) in [6.45, 7) is 2.21. The number of thiophene rings is 1. The number of hydrogen-bond acceptors (Lipinski definition) is 5. The third kappa shape index (κ3) is 3.07. The standard InChI is InChI=1S/C17H23NO4S/c1-11(19)14-7-12(10-23-14)8-16(21)18-6-5-17(22-2)4-3-13(20)9-15(17)18/h7,10,13,15,20H,3-6,8-9H2,1-2H3/t13-,15-,17+/m0/s1. The van der Waals surface area contributed by atoms with Crippen molar-refractivity contribution in [3.8, 4) is 0 Å². The molecule has 0 radical (unpaired) electrons. The van der Waals surface area contributed by atoms with Crippen LogP contribution in [0.1, 0.15) is 47.8 Å². The summed E-state index contributed by atoms with van der Waals surface area (Å²) in [4.78, 5) is 26.7. The van der Waals surface area contributed by atoms with E-state index in [0.717, 1.165) is 24.8 Å². The molecule has 1 N–H and O–H groups in total. The maximum Gasteiger partial charge on any atom is 0.227 e. The molecule has 1 amide bonds. The molecular formula is C17H23NO4S. The first-order valence-electron chi connectivity index (χ1n) is 8.06. The number of amides is 1. The van der Waals surface area contributed by atoms with Gasteiger partial charge in [-0.15, -0.1) is 11.3 Å². The summed E-state index contributed by atoms with van der Waals surface area (Å²) in [7, 11) is 1.71. The zero-order valence-corrected chi connectivity index (χ0v) is 14.4. The number of rotatable bonds is 4. The Balaban J connectivity index is 1.72. The van der Waals surface area contributed by atoms with Gasteiger partial charge in [-0.3, -0.25) is 9.59 Å². The third-order valence-corrected chi connectivity index (χ3v) is 6.32. The number of hydrogen-bond donors (Lipinski definition) is 1. The number of ketones is 1. The Morgan fingerprint density at radius 2 is 2.26 bits per heavy atom. The summed E-state index contributed by atoms with van der Waals surface area (Å²) in [5, 5.41) is 11.9. The minimum absolute atomic E-state index is 0.0312. The van der Waals surface area contributed by atoms with Crippen LogP contribution in [0.4, 0.5) is 0 Å². The van der Waals surface area contributed by atoms with Crippen molar-refractivity contribution in [3.05, 3.63) is 21.9 Å². The highest BCUT2D eigenvalue weighted by Crippen LogP contribution is 2.42. The van der Waals surface area contributed by atoms with Crippen molar-refractivity contribution >= 4 is 23.0 Å². The van der Waals surface area contributed by atoms with Crippen LogP contribution in [0, 0.1) is 0 Å². The first kappa shape index (κ1) is 16.6. The molecule has 3 rings (SSSR count). The van der Waals surface area contributed by atoms with Gasteiger partial charge < -0.3 is 14.7 Å². The van der Waals surface area contributed by atoms with E-state index in [1.165, 1.54) is 18.3 Å². The molecule has 0 unspecified atom stereocenters. The fourth-order valence-electron chi connectivity index (χ4n) is 3.90. The van der Waals surface area contributed by atoms with Gasteiger partial charge in [0.15, 0.2) is 5.78 Å². The van der Waals surface area contributed by atoms with Gasteiger partial charge in [0.25, 0.3) is 0 Å². The molecule has 1 aliphatic carbocycles. The number of methoxy groups -OCH3 is 1. The first-order chi connectivity index (χ1) is 10.9. The molecule has 1 aliphatic heterocycles. The summed E-state index contributed by atoms with van der Waals surface area (Å²) < 4.78 is 5.77. The van der Waals surface area contributed by atoms with Crippen molar-refractivity contribution in [1.82, 2.24) is 4.90 Å². The molecular weight excluding hydrogens is 314 g/mol. The van der Waals surface area contributed by atoms with Gasteiger partial charge in [0, 0.05) is 13.7 Å². The zero-order valence-electron chi connectivity index (χ0n) is 13.6. The molecule has 126 valence electrons. The topological polar surface area (TPSA) is 66.8 Å². The van der Waals surface area contributed by atoms with Gasteiger partial charge >= 0.3 is 0 Å². The van der Waals surface area contributed by atoms with Gasteiger partial charge in [0.1, 0.15) is 0 Å². The lowest BCUT2D eigenvalue weighted by Gasteiger charge is -2.42. The van der Waals surface area contributed by atoms with E-state index in [1.54, 1.807) is 13.2 Å². The number of likely N-dealkylation sites (tertiary alicyclic amines) is 1. The fraction of sp³-hybridized carbons (Fsp3) is 0.647. The number of carbonyl (C=O) groups is 2. The maximum absolute atomic E-state index is 12.7. The van der Waals surface area contributed by atoms with Crippen LogP contribution in [0.25, 0.3) is 0 Å². The van der Waals surface area contributed by atoms with Gasteiger partial charge in [-0.2, -0.15) is 0 Å². The molecule has 3 atom stereocenters. The van der Waals surface area contributed by atoms with Crippen LogP contribution in [0.5, 0.6) is 0 Å². The van der Waals surface area contributed by atoms with Gasteiger partial charge in [-0.25, -0.2) is 0 Å². The number of aliphatic hydroxyl groups excluding tert-OH is 1. The Morgan fingerprint density at radius 1 is 1.48 bits per heavy atom. The van der Waals surface area contributed by atoms with Crippen LogP contribution in [0.2, 0.25) is 0 Å². The van der Waals surface area contributed by atoms with E-state index in [4.69, 9.17) is 4.74 Å². The summed E-state index contributed by atoms with van der Waals surface area (Å²) >= 11 is 1.38. The third-order valence-electron chi connectivity index (χ3n) is 5.24. The Hall–Kier alpha value is -1.24. The lowest BCUT2D eigenvalue weighted by atomic mass is 9.79. The van der Waals surface area contributed by atoms with E-state index in [1.807, 2.05) is 10.3 Å². The van der Waals surface area contributed by atoms with Gasteiger partial charge in [-0.1, -0.05) is 0 Å². The summed E-state index contributed by atoms with van der Waals surface area (Å²) in [6.07, 6.45) is 2.89. The molecule has 5 nitrogen and oxygen atoms in total. The molecule has 6 heteroatoms. The van der Waals surface area contributed by atoms with Crippen LogP contribution >= 0.6 is 11.3 Å². The fourth-order valence-corrected chi connectivity index (χ4v) is 4.72. The Bertz CT molecular complexity index is 613. The average molecular weight is 337 g/mol. The Labute approximate surface area is 140 Å². The highest BCUT2D eigenvalue weighted by molar-refractivity contribution is 7.12. The van der Waals surface area contributed by atoms with E-state index < -0.39 is 0 Å². The average Bonchev–Trinajstić information content (AvgIpc) is 3.12. The molecule has 0 spiro atoms. The summed E-state index contributed by atoms with van der Waals surface area (Å²) in [5.74, 6) is 0.0830. The van der Waals surface area contributed by atoms with E-state index in [-0.39, 0.29) is 29.4 Å². The largest absolute Gasteiger partial charge is 0.393 e. The lowest BCUT2D eigenvalue weighted by molar-refractivity contribution is -0.139. The smallest absolute Gasteiger partial charge is 0.227 e. The molecule has 1 aromatic rings. The molecule has 0 bridgehead atoms. The molecule has 2 heterocycles. The molecule has 2 aliphatic rings. The minimum atomic E-state index is -0.359. The highest BCUT2D eigenvalue weighted by Gasteiger charge is 2.52. The van der Waals surface area contributed by atoms with Gasteiger partial charge in [0.05, 0.1) is 29.0 Å². The van der Waals surface area contributed by atoms with E-state index >= 15 is 0 Å². The van der Waals surface area contributed by atoms with Crippen LogP contribution in [-0.2, 0) is 16.0 Å². The molecule has 2 fully saturated rings. The lowest BCUT2D eigenvalue weighted by Crippen LogP contribution is -2.53. The SMILES string of the molecule is CO[C@@]12CC[C@H](O)C[C@@H]1N(C(=O)Cc1csc(C(C)=O)c1)CC2. The number of Topliss-reactive ketones (excluding diaryl/α,β-unsaturated/α-hetero) is 1. The van der Waals surface area contributed by atoms with Crippen LogP contribution in [-0.4, -0.2) is 53.1 Å². The van der Waals surface area contributed by atoms with Crippen molar-refractivity contribution in [3.63, 3.8) is 0 Å². The van der Waals surface area contributed by atoms with E-state index in [2.05, 4.69) is 0 Å². The van der Waals surface area contributed by atoms with Crippen LogP contribution < -0.4 is 0 Å². The van der Waals surface area contributed by atoms with Crippen molar-refractivity contribution in [1.29, 1.82) is 0 Å². The van der Waals surface area contributed by atoms with Crippen LogP contribution in [0.3, 0.4) is 0 Å². The van der Waals surface area contributed by atoms with Crippen molar-refractivity contribution < 1.29 is 19.4 Å². The second-order valence-electron chi connectivity index (χ2n) is 6.60. The van der Waals surface area contributed by atoms with E-state index in [0.29, 0.717) is 24.3 Å². The molecule has 1 saturated carbocycles. The van der Waals surface area contributed by atoms with Crippen LogP contribution in [0.15, 0.2) is 11.4 Å². The molecule has 1 saturated heterocycles. The Morgan fingerprint density at radius 3 is 2.91 bits per heavy atom. The van der Waals surface area contributed by atoms with Gasteiger partial charge in [-0.05, 0) is 49.6 Å². The predicted molar refractivity (Wildman–Crippen MR) is 87.7 cm³/mol. The Kier molecular flexibility index (Phi) is 4.58. The normalized spacial score (nSPS) is 30.3. The second kappa shape index (κ2) is 6.34. The highest BCUT2D eigenvalue weighted by atomic mass is 32.1. The van der Waals surface area contributed by atoms with Crippen molar-refractivity contribution in [2.45, 2.75) is 56.8 Å². The number of nitrogens with zero attached hydrogens (tertiary/aromatic N) is 1. The molecule has 0 aromatic carbocycles. The zero-order chi connectivity index (χ0) is 16.6. The molecule has 1 aromatic heterocycles. The second-order valence-corrected chi connectivity index (χ2v) is 7.51. The van der Waals surface area contributed by atoms with E-state index in [9.17, 15) is 14.7 Å². The monoisotopic (exact) mass is 337 g/mol. The maximum atomic E-state index is 12.7.